The van der Waals surface area contributed by atoms with Gasteiger partial charge in [0, 0.05) is 13.2 Å². The van der Waals surface area contributed by atoms with Gasteiger partial charge in [0.25, 0.3) is 0 Å². The van der Waals surface area contributed by atoms with Crippen LogP contribution in [0.2, 0.25) is 0 Å². The van der Waals surface area contributed by atoms with Gasteiger partial charge in [0.15, 0.2) is 0 Å². The minimum atomic E-state index is 0.615. The Kier molecular flexibility index (Phi) is 16.6. The zero-order valence-corrected chi connectivity index (χ0v) is 11.9. The van der Waals surface area contributed by atoms with E-state index in [0.29, 0.717) is 39.6 Å². The third-order valence-corrected chi connectivity index (χ3v) is 2.17. The molecule has 1 N–H and O–H groups in total. The van der Waals surface area contributed by atoms with Gasteiger partial charge in [0.05, 0.1) is 46.2 Å². The summed E-state index contributed by atoms with van der Waals surface area (Å²) in [7, 11) is 0. The predicted octanol–water partition coefficient (Wildman–Crippen LogP) is 1.07. The van der Waals surface area contributed by atoms with Crippen LogP contribution < -0.4 is 5.32 Å². The third kappa shape index (κ3) is 15.8. The van der Waals surface area contributed by atoms with E-state index < -0.39 is 0 Å². The zero-order chi connectivity index (χ0) is 13.3. The van der Waals surface area contributed by atoms with Crippen LogP contribution in [0.3, 0.4) is 0 Å². The summed E-state index contributed by atoms with van der Waals surface area (Å²) in [6, 6.07) is 0. The first-order chi connectivity index (χ1) is 8.91. The Balaban J connectivity index is 2.86. The lowest BCUT2D eigenvalue weighted by molar-refractivity contribution is -0.0000889. The maximum Gasteiger partial charge on any atom is 0.0701 e. The highest BCUT2D eigenvalue weighted by Gasteiger charge is 1.92. The van der Waals surface area contributed by atoms with Crippen molar-refractivity contribution >= 4 is 0 Å². The molecule has 0 saturated heterocycles. The van der Waals surface area contributed by atoms with Crippen LogP contribution in [0.25, 0.3) is 0 Å². The largest absolute Gasteiger partial charge is 0.379 e. The number of nitrogens with one attached hydrogen (secondary N) is 1. The molecule has 0 rings (SSSR count). The molecule has 0 bridgehead atoms. The molecule has 0 aromatic rings. The lowest BCUT2D eigenvalue weighted by Gasteiger charge is -2.07. The molecule has 0 heterocycles. The van der Waals surface area contributed by atoms with Gasteiger partial charge in [-0.2, -0.15) is 0 Å². The van der Waals surface area contributed by atoms with E-state index in [2.05, 4.69) is 12.2 Å². The molecular formula is C13H29NO4. The SMILES string of the molecule is CCCNCCOCCOCCOCCOCC. The number of rotatable bonds is 15. The van der Waals surface area contributed by atoms with Crippen molar-refractivity contribution < 1.29 is 18.9 Å². The Labute approximate surface area is 111 Å². The summed E-state index contributed by atoms with van der Waals surface area (Å²) >= 11 is 0. The van der Waals surface area contributed by atoms with Gasteiger partial charge in [-0.25, -0.2) is 0 Å². The Bertz CT molecular complexity index is 131. The first-order valence-corrected chi connectivity index (χ1v) is 6.93. The zero-order valence-electron chi connectivity index (χ0n) is 11.9. The van der Waals surface area contributed by atoms with E-state index in [0.717, 1.165) is 32.7 Å². The molecule has 0 saturated carbocycles. The molecule has 0 atom stereocenters. The normalized spacial score (nSPS) is 11.0. The van der Waals surface area contributed by atoms with Crippen molar-refractivity contribution in [1.82, 2.24) is 5.32 Å². The van der Waals surface area contributed by atoms with Crippen molar-refractivity contribution in [2.75, 3.05) is 65.9 Å². The predicted molar refractivity (Wildman–Crippen MR) is 72.1 cm³/mol. The minimum Gasteiger partial charge on any atom is -0.379 e. The van der Waals surface area contributed by atoms with E-state index in [1.165, 1.54) is 0 Å². The van der Waals surface area contributed by atoms with Gasteiger partial charge in [-0.3, -0.25) is 0 Å². The molecule has 0 amide bonds. The lowest BCUT2D eigenvalue weighted by Crippen LogP contribution is -2.21. The van der Waals surface area contributed by atoms with Gasteiger partial charge in [-0.1, -0.05) is 6.92 Å². The first-order valence-electron chi connectivity index (χ1n) is 6.93. The van der Waals surface area contributed by atoms with Crippen LogP contribution in [-0.2, 0) is 18.9 Å². The maximum atomic E-state index is 5.39. The summed E-state index contributed by atoms with van der Waals surface area (Å²) in [6.07, 6.45) is 1.16. The van der Waals surface area contributed by atoms with Gasteiger partial charge in [-0.05, 0) is 19.9 Å². The van der Waals surface area contributed by atoms with Gasteiger partial charge in [-0.15, -0.1) is 0 Å². The van der Waals surface area contributed by atoms with Crippen molar-refractivity contribution in [3.05, 3.63) is 0 Å². The lowest BCUT2D eigenvalue weighted by atomic mass is 10.5. The van der Waals surface area contributed by atoms with Crippen LogP contribution in [0.4, 0.5) is 0 Å². The van der Waals surface area contributed by atoms with Crippen LogP contribution in [0.1, 0.15) is 20.3 Å². The van der Waals surface area contributed by atoms with Crippen molar-refractivity contribution in [2.45, 2.75) is 20.3 Å². The summed E-state index contributed by atoms with van der Waals surface area (Å²) < 4.78 is 21.2. The summed E-state index contributed by atoms with van der Waals surface area (Å²) in [5, 5.41) is 3.27. The Hall–Kier alpha value is -0.200. The fourth-order valence-electron chi connectivity index (χ4n) is 1.25. The summed E-state index contributed by atoms with van der Waals surface area (Å²) in [5.41, 5.74) is 0. The molecule has 18 heavy (non-hydrogen) atoms. The molecule has 110 valence electrons. The molecule has 5 heteroatoms. The molecule has 0 aliphatic heterocycles. The second-order valence-electron chi connectivity index (χ2n) is 3.78. The van der Waals surface area contributed by atoms with Crippen molar-refractivity contribution in [3.63, 3.8) is 0 Å². The second-order valence-corrected chi connectivity index (χ2v) is 3.78. The maximum absolute atomic E-state index is 5.39. The third-order valence-electron chi connectivity index (χ3n) is 2.17. The van der Waals surface area contributed by atoms with Gasteiger partial charge in [0.1, 0.15) is 0 Å². The van der Waals surface area contributed by atoms with Crippen molar-refractivity contribution in [3.8, 4) is 0 Å². The number of hydrogen-bond acceptors (Lipinski definition) is 5. The Morgan fingerprint density at radius 3 is 1.61 bits per heavy atom. The summed E-state index contributed by atoms with van der Waals surface area (Å²) in [6.45, 7) is 11.4. The summed E-state index contributed by atoms with van der Waals surface area (Å²) in [5.74, 6) is 0. The summed E-state index contributed by atoms with van der Waals surface area (Å²) in [4.78, 5) is 0. The molecular weight excluding hydrogens is 234 g/mol. The quantitative estimate of drug-likeness (QED) is 0.448. The van der Waals surface area contributed by atoms with Crippen LogP contribution in [0, 0.1) is 0 Å². The van der Waals surface area contributed by atoms with E-state index in [1.54, 1.807) is 0 Å². The highest BCUT2D eigenvalue weighted by molar-refractivity contribution is 4.43. The fourth-order valence-corrected chi connectivity index (χ4v) is 1.25. The number of hydrogen-bond donors (Lipinski definition) is 1. The minimum absolute atomic E-state index is 0.615. The molecule has 0 radical (unpaired) electrons. The van der Waals surface area contributed by atoms with Crippen LogP contribution in [0.15, 0.2) is 0 Å². The second kappa shape index (κ2) is 16.8. The van der Waals surface area contributed by atoms with Crippen molar-refractivity contribution in [2.24, 2.45) is 0 Å². The molecule has 0 aromatic carbocycles. The fraction of sp³-hybridized carbons (Fsp3) is 1.00. The average molecular weight is 263 g/mol. The topological polar surface area (TPSA) is 49.0 Å². The Morgan fingerprint density at radius 2 is 1.11 bits per heavy atom. The van der Waals surface area contributed by atoms with Gasteiger partial charge >= 0.3 is 0 Å². The van der Waals surface area contributed by atoms with E-state index in [-0.39, 0.29) is 0 Å². The highest BCUT2D eigenvalue weighted by Crippen LogP contribution is 1.82. The van der Waals surface area contributed by atoms with Crippen LogP contribution in [0.5, 0.6) is 0 Å². The molecule has 0 aromatic heterocycles. The molecule has 0 fully saturated rings. The van der Waals surface area contributed by atoms with Gasteiger partial charge in [0.2, 0.25) is 0 Å². The molecule has 0 spiro atoms. The van der Waals surface area contributed by atoms with E-state index in [4.69, 9.17) is 18.9 Å². The van der Waals surface area contributed by atoms with Crippen molar-refractivity contribution in [1.29, 1.82) is 0 Å². The monoisotopic (exact) mass is 263 g/mol. The standard InChI is InChI=1S/C13H29NO4/c1-3-5-14-6-7-16-10-11-18-13-12-17-9-8-15-4-2/h14H,3-13H2,1-2H3. The smallest absolute Gasteiger partial charge is 0.0701 e. The number of ether oxygens (including phenoxy) is 4. The molecule has 5 nitrogen and oxygen atoms in total. The van der Waals surface area contributed by atoms with E-state index in [9.17, 15) is 0 Å². The Morgan fingerprint density at radius 1 is 0.611 bits per heavy atom. The van der Waals surface area contributed by atoms with E-state index >= 15 is 0 Å². The molecule has 0 aliphatic carbocycles. The van der Waals surface area contributed by atoms with Gasteiger partial charge < -0.3 is 24.3 Å². The first kappa shape index (κ1) is 17.8. The van der Waals surface area contributed by atoms with E-state index in [1.807, 2.05) is 6.92 Å². The molecule has 0 unspecified atom stereocenters. The van der Waals surface area contributed by atoms with Crippen LogP contribution >= 0.6 is 0 Å². The van der Waals surface area contributed by atoms with Crippen LogP contribution in [-0.4, -0.2) is 65.9 Å². The molecule has 0 aliphatic rings. The average Bonchev–Trinajstić information content (AvgIpc) is 2.39. The highest BCUT2D eigenvalue weighted by atomic mass is 16.6.